The van der Waals surface area contributed by atoms with Crippen molar-refractivity contribution in [3.05, 3.63) is 46.5 Å². The molecule has 0 unspecified atom stereocenters. The molecule has 2 rings (SSSR count). The zero-order valence-corrected chi connectivity index (χ0v) is 15.8. The lowest BCUT2D eigenvalue weighted by atomic mass is 10.1. The number of pyridine rings is 1. The van der Waals surface area contributed by atoms with E-state index >= 15 is 0 Å². The van der Waals surface area contributed by atoms with E-state index in [2.05, 4.69) is 0 Å². The fourth-order valence-electron chi connectivity index (χ4n) is 2.09. The first-order valence-corrected chi connectivity index (χ1v) is 7.46. The lowest BCUT2D eigenvalue weighted by molar-refractivity contribution is -0.695. The van der Waals surface area contributed by atoms with E-state index in [-0.39, 0.29) is 40.6 Å². The molecule has 0 spiro atoms. The number of nitrogens with zero attached hydrogens (tertiary/aromatic N) is 1. The van der Waals surface area contributed by atoms with Crippen LogP contribution < -0.4 is 27.4 Å². The van der Waals surface area contributed by atoms with Gasteiger partial charge < -0.3 is 22.9 Å². The highest BCUT2D eigenvalue weighted by atomic mass is 35.5. The Morgan fingerprint density at radius 3 is 2.44 bits per heavy atom. The van der Waals surface area contributed by atoms with E-state index in [4.69, 9.17) is 33.7 Å². The van der Waals surface area contributed by atoms with Crippen molar-refractivity contribution < 1.29 is 34.9 Å². The maximum Gasteiger partial charge on any atom is 0.272 e. The summed E-state index contributed by atoms with van der Waals surface area (Å²) in [6.45, 7) is -0.114. The van der Waals surface area contributed by atoms with Crippen molar-refractivity contribution in [3.63, 3.8) is 0 Å². The Bertz CT molecular complexity index is 705. The normalized spacial score (nSPS) is 10.2. The van der Waals surface area contributed by atoms with Crippen LogP contribution in [-0.2, 0) is 6.54 Å². The summed E-state index contributed by atoms with van der Waals surface area (Å²) in [5.41, 5.74) is 6.19. The van der Waals surface area contributed by atoms with Gasteiger partial charge in [0.1, 0.15) is 12.4 Å². The van der Waals surface area contributed by atoms with Gasteiger partial charge in [0.2, 0.25) is 6.20 Å². The molecule has 0 atom stereocenters. The summed E-state index contributed by atoms with van der Waals surface area (Å²) in [5.74, 6) is -0.479. The third-order valence-electron chi connectivity index (χ3n) is 2.95. The van der Waals surface area contributed by atoms with Crippen molar-refractivity contribution >= 4 is 35.6 Å². The number of nitrogens with two attached hydrogens (primary N) is 1. The number of rotatable bonds is 6. The number of hydrogen-bond acceptors (Lipinski definition) is 2. The quantitative estimate of drug-likeness (QED) is 0.688. The number of alkyl halides is 2. The van der Waals surface area contributed by atoms with Crippen molar-refractivity contribution in [2.75, 3.05) is 13.2 Å². The van der Waals surface area contributed by atoms with E-state index < -0.39 is 18.8 Å². The SMILES string of the molecule is Cl.NCC[n+]1cc(F)cc(-c2cc(Cl)cc(Cl)c2OCC(F)F)c1.[Cl-]. The maximum atomic E-state index is 13.8. The molecule has 25 heavy (non-hydrogen) atoms. The van der Waals surface area contributed by atoms with Crippen LogP contribution in [0, 0.1) is 5.82 Å². The van der Waals surface area contributed by atoms with Crippen LogP contribution >= 0.6 is 35.6 Å². The van der Waals surface area contributed by atoms with Crippen LogP contribution in [0.2, 0.25) is 10.0 Å². The van der Waals surface area contributed by atoms with Crippen LogP contribution in [0.25, 0.3) is 11.1 Å². The van der Waals surface area contributed by atoms with Gasteiger partial charge in [0.05, 0.1) is 17.1 Å². The predicted octanol–water partition coefficient (Wildman–Crippen LogP) is 1.12. The van der Waals surface area contributed by atoms with Gasteiger partial charge in [-0.1, -0.05) is 23.2 Å². The number of aromatic nitrogens is 1. The van der Waals surface area contributed by atoms with Crippen LogP contribution in [0.15, 0.2) is 30.6 Å². The molecule has 1 aromatic heterocycles. The summed E-state index contributed by atoms with van der Waals surface area (Å²) in [7, 11) is 0. The standard InChI is InChI=1S/C15H14Cl2F3N2O.2ClH/c16-10-4-12(15(13(17)5-10)23-8-14(19)20)9-3-11(18)7-22(6-9)2-1-21;;/h3-7,14H,1-2,8,21H2;2*1H/q+1;;/p-1. The molecule has 140 valence electrons. The molecular weight excluding hydrogens is 423 g/mol. The molecular formula is C15H15Cl4F3N2O. The Labute approximate surface area is 165 Å². The average molecular weight is 438 g/mol. The van der Waals surface area contributed by atoms with Crippen molar-refractivity contribution in [2.45, 2.75) is 13.0 Å². The van der Waals surface area contributed by atoms with Gasteiger partial charge in [0, 0.05) is 10.6 Å². The first-order valence-electron chi connectivity index (χ1n) is 6.70. The fraction of sp³-hybridized carbons (Fsp3) is 0.267. The molecule has 1 aromatic carbocycles. The fourth-order valence-corrected chi connectivity index (χ4v) is 2.64. The number of benzene rings is 1. The van der Waals surface area contributed by atoms with Crippen molar-refractivity contribution in [3.8, 4) is 16.9 Å². The molecule has 0 radical (unpaired) electrons. The van der Waals surface area contributed by atoms with Crippen molar-refractivity contribution in [1.29, 1.82) is 0 Å². The van der Waals surface area contributed by atoms with Gasteiger partial charge in [0.25, 0.3) is 6.43 Å². The Hall–Kier alpha value is -0.920. The van der Waals surface area contributed by atoms with Gasteiger partial charge in [-0.25, -0.2) is 17.7 Å². The molecule has 0 saturated carbocycles. The zero-order chi connectivity index (χ0) is 17.0. The molecule has 0 aliphatic heterocycles. The second kappa shape index (κ2) is 10.9. The summed E-state index contributed by atoms with van der Waals surface area (Å²) in [5, 5.41) is 0.354. The van der Waals surface area contributed by atoms with E-state index in [1.165, 1.54) is 24.4 Å². The van der Waals surface area contributed by atoms with Crippen LogP contribution in [0.3, 0.4) is 0 Å². The van der Waals surface area contributed by atoms with Crippen LogP contribution in [0.1, 0.15) is 0 Å². The molecule has 2 N–H and O–H groups in total. The molecule has 1 heterocycles. The van der Waals surface area contributed by atoms with Crippen molar-refractivity contribution in [1.82, 2.24) is 0 Å². The second-order valence-electron chi connectivity index (χ2n) is 4.74. The highest BCUT2D eigenvalue weighted by Gasteiger charge is 2.18. The molecule has 2 aromatic rings. The van der Waals surface area contributed by atoms with Gasteiger partial charge >= 0.3 is 0 Å². The van der Waals surface area contributed by atoms with Gasteiger partial charge in [-0.15, -0.1) is 12.4 Å². The highest BCUT2D eigenvalue weighted by Crippen LogP contribution is 2.39. The van der Waals surface area contributed by atoms with Crippen LogP contribution in [0.5, 0.6) is 5.75 Å². The Morgan fingerprint density at radius 1 is 1.16 bits per heavy atom. The predicted molar refractivity (Wildman–Crippen MR) is 89.9 cm³/mol. The molecule has 3 nitrogen and oxygen atoms in total. The zero-order valence-electron chi connectivity index (χ0n) is 12.7. The minimum Gasteiger partial charge on any atom is -1.00 e. The Balaban J connectivity index is 0.00000288. The topological polar surface area (TPSA) is 39.1 Å². The Kier molecular flexibility index (Phi) is 10.5. The first-order chi connectivity index (χ1) is 10.9. The summed E-state index contributed by atoms with van der Waals surface area (Å²) < 4.78 is 45.3. The van der Waals surface area contributed by atoms with Gasteiger partial charge in [-0.05, 0) is 18.2 Å². The van der Waals surface area contributed by atoms with Gasteiger partial charge in [-0.2, -0.15) is 0 Å². The maximum absolute atomic E-state index is 13.8. The van der Waals surface area contributed by atoms with E-state index in [1.54, 1.807) is 10.8 Å². The summed E-state index contributed by atoms with van der Waals surface area (Å²) in [4.78, 5) is 0. The number of hydrogen-bond donors (Lipinski definition) is 1. The molecule has 0 amide bonds. The highest BCUT2D eigenvalue weighted by molar-refractivity contribution is 6.36. The van der Waals surface area contributed by atoms with Gasteiger partial charge in [-0.3, -0.25) is 0 Å². The Morgan fingerprint density at radius 2 is 1.84 bits per heavy atom. The summed E-state index contributed by atoms with van der Waals surface area (Å²) >= 11 is 12.0. The number of halogens is 7. The summed E-state index contributed by atoms with van der Waals surface area (Å²) in [6.07, 6.45) is 0.235. The molecule has 0 fully saturated rings. The minimum absolute atomic E-state index is 0. The second-order valence-corrected chi connectivity index (χ2v) is 5.58. The average Bonchev–Trinajstić information content (AvgIpc) is 2.45. The molecule has 10 heteroatoms. The third kappa shape index (κ3) is 6.72. The van der Waals surface area contributed by atoms with E-state index in [0.29, 0.717) is 24.2 Å². The molecule has 0 aliphatic rings. The van der Waals surface area contributed by atoms with Crippen LogP contribution in [-0.4, -0.2) is 19.6 Å². The van der Waals surface area contributed by atoms with Gasteiger partial charge in [0.15, 0.2) is 18.6 Å². The number of ether oxygens (including phenoxy) is 1. The monoisotopic (exact) mass is 436 g/mol. The van der Waals surface area contributed by atoms with E-state index in [1.807, 2.05) is 0 Å². The smallest absolute Gasteiger partial charge is 0.272 e. The first kappa shape index (κ1) is 24.1. The van der Waals surface area contributed by atoms with E-state index in [0.717, 1.165) is 0 Å². The lowest BCUT2D eigenvalue weighted by Gasteiger charge is -2.13. The largest absolute Gasteiger partial charge is 1.00 e. The lowest BCUT2D eigenvalue weighted by Crippen LogP contribution is -3.00. The molecule has 0 aliphatic carbocycles. The molecule has 0 saturated heterocycles. The van der Waals surface area contributed by atoms with E-state index in [9.17, 15) is 13.2 Å². The third-order valence-corrected chi connectivity index (χ3v) is 3.45. The van der Waals surface area contributed by atoms with Crippen LogP contribution in [0.4, 0.5) is 13.2 Å². The van der Waals surface area contributed by atoms with Crippen molar-refractivity contribution in [2.24, 2.45) is 5.73 Å². The minimum atomic E-state index is -2.66. The molecule has 0 bridgehead atoms. The summed E-state index contributed by atoms with van der Waals surface area (Å²) in [6, 6.07) is 4.10.